The molecule has 9 heteroatoms. The van der Waals surface area contributed by atoms with Crippen LogP contribution in [0.3, 0.4) is 0 Å². The third-order valence-electron chi connectivity index (χ3n) is 6.71. The summed E-state index contributed by atoms with van der Waals surface area (Å²) in [5, 5.41) is 38.8. The first-order valence-corrected chi connectivity index (χ1v) is 13.7. The fourth-order valence-electron chi connectivity index (χ4n) is 4.37. The molecule has 210 valence electrons. The minimum absolute atomic E-state index is 0.0572. The van der Waals surface area contributed by atoms with Crippen molar-refractivity contribution in [1.29, 1.82) is 0 Å². The zero-order chi connectivity index (χ0) is 29.5. The second-order valence-electron chi connectivity index (χ2n) is 12.0. The summed E-state index contributed by atoms with van der Waals surface area (Å²) < 4.78 is 0. The van der Waals surface area contributed by atoms with Gasteiger partial charge in [-0.15, -0.1) is 30.0 Å². The fourth-order valence-corrected chi connectivity index (χ4v) is 4.54. The Balaban J connectivity index is 0.000000181. The van der Waals surface area contributed by atoms with Crippen LogP contribution in [0.2, 0.25) is 5.02 Å². The number of aromatic nitrogens is 6. The van der Waals surface area contributed by atoms with Crippen molar-refractivity contribution in [3.05, 3.63) is 95.0 Å². The molecular weight excluding hydrogens is 536 g/mol. The van der Waals surface area contributed by atoms with Crippen molar-refractivity contribution in [2.45, 2.75) is 52.4 Å². The summed E-state index contributed by atoms with van der Waals surface area (Å²) in [5.41, 5.74) is 5.99. The number of fused-ring (bicyclic) bond motifs is 2. The number of rotatable bonds is 2. The standard InChI is InChI=1S/C20H24ClN3O.C12H9N3O/c1-19(2,3)12-9-14(20(4,5)6)18(25)17(10-12)24-22-15-8-7-13(21)11-16(15)23-24;16-12-8-4-3-7-11(12)15-13-9-5-1-2-6-10(9)14-15/h7-11,25H,1-6H3;1-8,16H. The van der Waals surface area contributed by atoms with Crippen molar-refractivity contribution in [1.82, 2.24) is 30.0 Å². The van der Waals surface area contributed by atoms with Gasteiger partial charge in [0.2, 0.25) is 0 Å². The molecular formula is C32H33ClN6O2. The van der Waals surface area contributed by atoms with E-state index in [0.717, 1.165) is 27.7 Å². The Labute approximate surface area is 243 Å². The number of halogens is 1. The second kappa shape index (κ2) is 10.5. The van der Waals surface area contributed by atoms with Gasteiger partial charge in [0.25, 0.3) is 0 Å². The van der Waals surface area contributed by atoms with Crippen molar-refractivity contribution in [2.24, 2.45) is 0 Å². The highest BCUT2D eigenvalue weighted by Crippen LogP contribution is 2.39. The minimum Gasteiger partial charge on any atom is -0.506 e. The molecule has 0 saturated heterocycles. The van der Waals surface area contributed by atoms with E-state index in [0.29, 0.717) is 21.9 Å². The van der Waals surface area contributed by atoms with Gasteiger partial charge in [0.1, 0.15) is 44.9 Å². The quantitative estimate of drug-likeness (QED) is 0.224. The molecule has 0 spiro atoms. The SMILES string of the molecule is CC(C)(C)c1cc(-n2nc3ccc(Cl)cc3n2)c(O)c(C(C)(C)C)c1.Oc1ccccc1-n1nc2ccccc2n1. The number of hydrogen-bond acceptors (Lipinski definition) is 6. The highest BCUT2D eigenvalue weighted by molar-refractivity contribution is 6.31. The molecule has 2 aromatic heterocycles. The minimum atomic E-state index is -0.198. The van der Waals surface area contributed by atoms with Gasteiger partial charge in [0, 0.05) is 10.6 Å². The second-order valence-corrected chi connectivity index (χ2v) is 12.4. The molecule has 0 aliphatic carbocycles. The Morgan fingerprint density at radius 2 is 1.12 bits per heavy atom. The molecule has 8 nitrogen and oxygen atoms in total. The maximum atomic E-state index is 10.9. The summed E-state index contributed by atoms with van der Waals surface area (Å²) in [6.45, 7) is 12.7. The van der Waals surface area contributed by atoms with Crippen molar-refractivity contribution in [3.8, 4) is 22.9 Å². The lowest BCUT2D eigenvalue weighted by molar-refractivity contribution is 0.438. The van der Waals surface area contributed by atoms with E-state index < -0.39 is 0 Å². The van der Waals surface area contributed by atoms with Gasteiger partial charge in [-0.05, 0) is 64.9 Å². The normalized spacial score (nSPS) is 12.0. The average molecular weight is 569 g/mol. The van der Waals surface area contributed by atoms with E-state index in [1.54, 1.807) is 30.3 Å². The lowest BCUT2D eigenvalue weighted by atomic mass is 9.80. The molecule has 41 heavy (non-hydrogen) atoms. The van der Waals surface area contributed by atoms with Crippen LogP contribution in [-0.2, 0) is 10.8 Å². The van der Waals surface area contributed by atoms with Crippen LogP contribution < -0.4 is 0 Å². The van der Waals surface area contributed by atoms with Gasteiger partial charge in [0.05, 0.1) is 0 Å². The molecule has 0 amide bonds. The molecule has 0 aliphatic rings. The predicted molar refractivity (Wildman–Crippen MR) is 163 cm³/mol. The van der Waals surface area contributed by atoms with E-state index in [-0.39, 0.29) is 22.3 Å². The van der Waals surface area contributed by atoms with Crippen LogP contribution in [0.25, 0.3) is 33.4 Å². The molecule has 0 radical (unpaired) electrons. The number of phenolic OH excluding ortho intramolecular Hbond substituents is 2. The van der Waals surface area contributed by atoms with E-state index in [2.05, 4.69) is 68.0 Å². The zero-order valence-electron chi connectivity index (χ0n) is 24.0. The maximum absolute atomic E-state index is 10.9. The van der Waals surface area contributed by atoms with Crippen LogP contribution in [-0.4, -0.2) is 40.2 Å². The van der Waals surface area contributed by atoms with Gasteiger partial charge < -0.3 is 10.2 Å². The summed E-state index contributed by atoms with van der Waals surface area (Å²) >= 11 is 6.05. The highest BCUT2D eigenvalue weighted by atomic mass is 35.5. The topological polar surface area (TPSA) is 102 Å². The lowest BCUT2D eigenvalue weighted by Gasteiger charge is -2.27. The van der Waals surface area contributed by atoms with Gasteiger partial charge in [0.15, 0.2) is 0 Å². The molecule has 0 bridgehead atoms. The summed E-state index contributed by atoms with van der Waals surface area (Å²) in [4.78, 5) is 2.95. The largest absolute Gasteiger partial charge is 0.506 e. The molecule has 0 saturated carbocycles. The summed E-state index contributed by atoms with van der Waals surface area (Å²) in [6.07, 6.45) is 0. The Hall–Kier alpha value is -4.43. The first-order valence-electron chi connectivity index (χ1n) is 13.3. The summed E-state index contributed by atoms with van der Waals surface area (Å²) in [6, 6.07) is 24.0. The van der Waals surface area contributed by atoms with Crippen LogP contribution in [0.15, 0.2) is 78.9 Å². The Kier molecular flexibility index (Phi) is 7.21. The fraction of sp³-hybridized carbons (Fsp3) is 0.250. The third-order valence-corrected chi connectivity index (χ3v) is 6.94. The molecule has 2 heterocycles. The predicted octanol–water partition coefficient (Wildman–Crippen LogP) is 7.50. The van der Waals surface area contributed by atoms with Gasteiger partial charge in [-0.2, -0.15) is 0 Å². The number of aromatic hydroxyl groups is 2. The zero-order valence-corrected chi connectivity index (χ0v) is 24.7. The number of phenols is 2. The average Bonchev–Trinajstić information content (AvgIpc) is 3.52. The van der Waals surface area contributed by atoms with Gasteiger partial charge in [-0.1, -0.05) is 83.5 Å². The first-order chi connectivity index (χ1) is 19.3. The van der Waals surface area contributed by atoms with Crippen molar-refractivity contribution in [2.75, 3.05) is 0 Å². The molecule has 0 fully saturated rings. The third kappa shape index (κ3) is 5.88. The molecule has 2 N–H and O–H groups in total. The number of para-hydroxylation sites is 2. The first kappa shape index (κ1) is 28.1. The molecule has 6 aromatic rings. The van der Waals surface area contributed by atoms with Crippen molar-refractivity contribution in [3.63, 3.8) is 0 Å². The van der Waals surface area contributed by atoms with Crippen molar-refractivity contribution >= 4 is 33.7 Å². The molecule has 4 aromatic carbocycles. The van der Waals surface area contributed by atoms with Crippen LogP contribution in [0.4, 0.5) is 0 Å². The van der Waals surface area contributed by atoms with E-state index >= 15 is 0 Å². The number of hydrogen-bond donors (Lipinski definition) is 2. The molecule has 0 aliphatic heterocycles. The molecule has 0 atom stereocenters. The van der Waals surface area contributed by atoms with Crippen molar-refractivity contribution < 1.29 is 10.2 Å². The van der Waals surface area contributed by atoms with Gasteiger partial charge >= 0.3 is 0 Å². The lowest BCUT2D eigenvalue weighted by Crippen LogP contribution is -2.18. The summed E-state index contributed by atoms with van der Waals surface area (Å²) in [7, 11) is 0. The van der Waals surface area contributed by atoms with Crippen LogP contribution in [0.5, 0.6) is 11.5 Å². The van der Waals surface area contributed by atoms with Gasteiger partial charge in [-0.25, -0.2) is 0 Å². The monoisotopic (exact) mass is 568 g/mol. The Bertz CT molecular complexity index is 1830. The molecule has 0 unspecified atom stereocenters. The smallest absolute Gasteiger partial charge is 0.146 e. The van der Waals surface area contributed by atoms with Gasteiger partial charge in [-0.3, -0.25) is 0 Å². The van der Waals surface area contributed by atoms with E-state index in [4.69, 9.17) is 11.6 Å². The van der Waals surface area contributed by atoms with Crippen LogP contribution in [0.1, 0.15) is 52.7 Å². The number of nitrogens with zero attached hydrogens (tertiary/aromatic N) is 6. The van der Waals surface area contributed by atoms with E-state index in [9.17, 15) is 10.2 Å². The highest BCUT2D eigenvalue weighted by Gasteiger charge is 2.26. The Morgan fingerprint density at radius 3 is 1.71 bits per heavy atom. The summed E-state index contributed by atoms with van der Waals surface area (Å²) in [5.74, 6) is 0.384. The Morgan fingerprint density at radius 1 is 0.585 bits per heavy atom. The van der Waals surface area contributed by atoms with Crippen LogP contribution >= 0.6 is 11.6 Å². The maximum Gasteiger partial charge on any atom is 0.146 e. The van der Waals surface area contributed by atoms with E-state index in [1.165, 1.54) is 9.59 Å². The van der Waals surface area contributed by atoms with Crippen LogP contribution in [0, 0.1) is 0 Å². The van der Waals surface area contributed by atoms with E-state index in [1.807, 2.05) is 42.5 Å². The number of benzene rings is 4. The molecule has 6 rings (SSSR count).